The van der Waals surface area contributed by atoms with Crippen molar-refractivity contribution in [3.8, 4) is 0 Å². The molecule has 3 rings (SSSR count). The summed E-state index contributed by atoms with van der Waals surface area (Å²) in [4.78, 5) is 29.1. The third-order valence-electron chi connectivity index (χ3n) is 4.71. The second kappa shape index (κ2) is 9.73. The first-order valence-corrected chi connectivity index (χ1v) is 9.75. The number of rotatable bonds is 6. The van der Waals surface area contributed by atoms with Gasteiger partial charge in [-0.2, -0.15) is 0 Å². The number of anilines is 2. The normalized spacial score (nSPS) is 14.1. The molecule has 0 saturated carbocycles. The van der Waals surface area contributed by atoms with Crippen molar-refractivity contribution in [3.63, 3.8) is 0 Å². The molecule has 0 spiro atoms. The minimum absolute atomic E-state index is 0.0901. The van der Waals surface area contributed by atoms with E-state index in [9.17, 15) is 9.59 Å². The first-order chi connectivity index (χ1) is 14.0. The van der Waals surface area contributed by atoms with Crippen LogP contribution in [0.25, 0.3) is 0 Å². The van der Waals surface area contributed by atoms with E-state index in [4.69, 9.17) is 0 Å². The van der Waals surface area contributed by atoms with Crippen molar-refractivity contribution < 1.29 is 9.59 Å². The van der Waals surface area contributed by atoms with Gasteiger partial charge in [-0.1, -0.05) is 24.3 Å². The fourth-order valence-corrected chi connectivity index (χ4v) is 3.27. The molecule has 1 fully saturated rings. The quantitative estimate of drug-likeness (QED) is 0.520. The Labute approximate surface area is 171 Å². The molecule has 3 N–H and O–H groups in total. The van der Waals surface area contributed by atoms with Gasteiger partial charge in [-0.3, -0.25) is 14.6 Å². The largest absolute Gasteiger partial charge is 0.352 e. The molecule has 29 heavy (non-hydrogen) atoms. The Hall–Kier alpha value is -3.35. The molecule has 7 heteroatoms. The van der Waals surface area contributed by atoms with E-state index in [0.29, 0.717) is 25.5 Å². The fraction of sp³-hybridized carbons (Fsp3) is 0.318. The second-order valence-electron chi connectivity index (χ2n) is 6.98. The summed E-state index contributed by atoms with van der Waals surface area (Å²) in [6.07, 6.45) is 1.57. The summed E-state index contributed by atoms with van der Waals surface area (Å²) < 4.78 is 0. The second-order valence-corrected chi connectivity index (χ2v) is 6.98. The standard InChI is InChI=1S/C22H27N5O2/c1-16(28)26-19-6-3-5-18(13-19)15-25-22(23-2)24-14-17-8-10-20(11-9-17)27-12-4-7-21(27)29/h3,5-6,8-11,13H,4,7,12,14-15H2,1-2H3,(H,26,28)(H2,23,24,25). The number of carbonyl (C=O) groups excluding carboxylic acids is 2. The maximum Gasteiger partial charge on any atom is 0.227 e. The van der Waals surface area contributed by atoms with Crippen LogP contribution in [0.2, 0.25) is 0 Å². The summed E-state index contributed by atoms with van der Waals surface area (Å²) in [6, 6.07) is 15.7. The van der Waals surface area contributed by atoms with Crippen molar-refractivity contribution in [1.29, 1.82) is 0 Å². The third-order valence-corrected chi connectivity index (χ3v) is 4.71. The lowest BCUT2D eigenvalue weighted by Crippen LogP contribution is -2.36. The molecule has 2 aromatic carbocycles. The number of nitrogens with zero attached hydrogens (tertiary/aromatic N) is 2. The number of amides is 2. The monoisotopic (exact) mass is 393 g/mol. The summed E-state index contributed by atoms with van der Waals surface area (Å²) in [5.74, 6) is 0.796. The Morgan fingerprint density at radius 3 is 2.41 bits per heavy atom. The van der Waals surface area contributed by atoms with E-state index in [1.54, 1.807) is 7.05 Å². The van der Waals surface area contributed by atoms with Gasteiger partial charge in [0.2, 0.25) is 11.8 Å². The number of hydrogen-bond donors (Lipinski definition) is 3. The van der Waals surface area contributed by atoms with Crippen LogP contribution in [0.4, 0.5) is 11.4 Å². The van der Waals surface area contributed by atoms with Crippen molar-refractivity contribution in [2.45, 2.75) is 32.9 Å². The molecule has 0 unspecified atom stereocenters. The number of benzene rings is 2. The van der Waals surface area contributed by atoms with Crippen LogP contribution in [-0.2, 0) is 22.7 Å². The molecule has 2 aromatic rings. The smallest absolute Gasteiger partial charge is 0.227 e. The van der Waals surface area contributed by atoms with E-state index in [-0.39, 0.29) is 11.8 Å². The van der Waals surface area contributed by atoms with Gasteiger partial charge in [0.25, 0.3) is 0 Å². The van der Waals surface area contributed by atoms with Gasteiger partial charge in [0, 0.05) is 51.4 Å². The van der Waals surface area contributed by atoms with Gasteiger partial charge < -0.3 is 20.9 Å². The van der Waals surface area contributed by atoms with E-state index in [1.807, 2.05) is 53.4 Å². The maximum absolute atomic E-state index is 11.8. The molecular formula is C22H27N5O2. The lowest BCUT2D eigenvalue weighted by atomic mass is 10.2. The molecule has 0 aliphatic carbocycles. The van der Waals surface area contributed by atoms with Crippen LogP contribution in [0.3, 0.4) is 0 Å². The topological polar surface area (TPSA) is 85.8 Å². The predicted octanol–water partition coefficient (Wildman–Crippen LogP) is 2.64. The van der Waals surface area contributed by atoms with Crippen LogP contribution in [0.5, 0.6) is 0 Å². The highest BCUT2D eigenvalue weighted by atomic mass is 16.2. The highest BCUT2D eigenvalue weighted by molar-refractivity contribution is 5.95. The first kappa shape index (κ1) is 20.4. The molecule has 1 saturated heterocycles. The average molecular weight is 393 g/mol. The molecule has 152 valence electrons. The van der Waals surface area contributed by atoms with Gasteiger partial charge in [0.15, 0.2) is 5.96 Å². The van der Waals surface area contributed by atoms with E-state index in [2.05, 4.69) is 20.9 Å². The lowest BCUT2D eigenvalue weighted by molar-refractivity contribution is -0.117. The summed E-state index contributed by atoms with van der Waals surface area (Å²) in [5, 5.41) is 9.34. The Morgan fingerprint density at radius 2 is 1.79 bits per heavy atom. The summed E-state index contributed by atoms with van der Waals surface area (Å²) >= 11 is 0. The van der Waals surface area contributed by atoms with Gasteiger partial charge in [0.1, 0.15) is 0 Å². The van der Waals surface area contributed by atoms with Gasteiger partial charge in [-0.25, -0.2) is 0 Å². The molecule has 7 nitrogen and oxygen atoms in total. The zero-order valence-electron chi connectivity index (χ0n) is 16.9. The third kappa shape index (κ3) is 5.81. The number of carbonyl (C=O) groups is 2. The fourth-order valence-electron chi connectivity index (χ4n) is 3.27. The molecule has 0 bridgehead atoms. The van der Waals surface area contributed by atoms with Crippen molar-refractivity contribution in [2.24, 2.45) is 4.99 Å². The number of nitrogens with one attached hydrogen (secondary N) is 3. The minimum atomic E-state index is -0.0901. The van der Waals surface area contributed by atoms with Gasteiger partial charge in [-0.05, 0) is 41.8 Å². The van der Waals surface area contributed by atoms with Gasteiger partial charge in [0.05, 0.1) is 0 Å². The highest BCUT2D eigenvalue weighted by Gasteiger charge is 2.21. The molecule has 1 heterocycles. The zero-order valence-corrected chi connectivity index (χ0v) is 16.9. The zero-order chi connectivity index (χ0) is 20.6. The Balaban J connectivity index is 1.50. The predicted molar refractivity (Wildman–Crippen MR) is 116 cm³/mol. The van der Waals surface area contributed by atoms with Crippen molar-refractivity contribution in [2.75, 3.05) is 23.8 Å². The maximum atomic E-state index is 11.8. The Morgan fingerprint density at radius 1 is 1.07 bits per heavy atom. The van der Waals surface area contributed by atoms with Crippen LogP contribution in [0.15, 0.2) is 53.5 Å². The number of hydrogen-bond acceptors (Lipinski definition) is 3. The molecular weight excluding hydrogens is 366 g/mol. The van der Waals surface area contributed by atoms with Crippen LogP contribution < -0.4 is 20.9 Å². The van der Waals surface area contributed by atoms with E-state index < -0.39 is 0 Å². The first-order valence-electron chi connectivity index (χ1n) is 9.75. The SMILES string of the molecule is CN=C(NCc1ccc(N2CCCC2=O)cc1)NCc1cccc(NC(C)=O)c1. The molecule has 1 aliphatic rings. The van der Waals surface area contributed by atoms with Crippen molar-refractivity contribution in [1.82, 2.24) is 10.6 Å². The summed E-state index contributed by atoms with van der Waals surface area (Å²) in [5.41, 5.74) is 3.88. The molecule has 0 aromatic heterocycles. The van der Waals surface area contributed by atoms with E-state index >= 15 is 0 Å². The summed E-state index contributed by atoms with van der Waals surface area (Å²) in [7, 11) is 1.73. The number of aliphatic imine (C=N–C) groups is 1. The molecule has 0 radical (unpaired) electrons. The van der Waals surface area contributed by atoms with Gasteiger partial charge >= 0.3 is 0 Å². The van der Waals surface area contributed by atoms with Crippen LogP contribution in [-0.4, -0.2) is 31.4 Å². The van der Waals surface area contributed by atoms with Crippen LogP contribution in [0.1, 0.15) is 30.9 Å². The Bertz CT molecular complexity index is 892. The highest BCUT2D eigenvalue weighted by Crippen LogP contribution is 2.21. The van der Waals surface area contributed by atoms with E-state index in [0.717, 1.165) is 35.5 Å². The lowest BCUT2D eigenvalue weighted by Gasteiger charge is -2.16. The van der Waals surface area contributed by atoms with Gasteiger partial charge in [-0.15, -0.1) is 0 Å². The minimum Gasteiger partial charge on any atom is -0.352 e. The summed E-state index contributed by atoms with van der Waals surface area (Å²) in [6.45, 7) is 3.51. The van der Waals surface area contributed by atoms with E-state index in [1.165, 1.54) is 6.92 Å². The molecule has 1 aliphatic heterocycles. The Kier molecular flexibility index (Phi) is 6.84. The average Bonchev–Trinajstić information content (AvgIpc) is 3.14. The number of guanidine groups is 1. The van der Waals surface area contributed by atoms with Crippen LogP contribution in [0, 0.1) is 0 Å². The van der Waals surface area contributed by atoms with Crippen molar-refractivity contribution in [3.05, 3.63) is 59.7 Å². The van der Waals surface area contributed by atoms with Crippen LogP contribution >= 0.6 is 0 Å². The molecule has 2 amide bonds. The van der Waals surface area contributed by atoms with Crippen molar-refractivity contribution >= 4 is 29.1 Å². The molecule has 0 atom stereocenters.